The summed E-state index contributed by atoms with van der Waals surface area (Å²) in [5, 5.41) is 8.08. The van der Waals surface area contributed by atoms with Crippen LogP contribution in [0.4, 0.5) is 5.69 Å². The Balaban J connectivity index is 1.50. The second kappa shape index (κ2) is 8.65. The van der Waals surface area contributed by atoms with Gasteiger partial charge in [0.05, 0.1) is 36.8 Å². The number of nitrogens with zero attached hydrogens (tertiary/aromatic N) is 2. The second-order valence-electron chi connectivity index (χ2n) is 9.08. The number of carbonyl (C=O) groups excluding carboxylic acids is 2. The van der Waals surface area contributed by atoms with Gasteiger partial charge in [0, 0.05) is 11.1 Å². The summed E-state index contributed by atoms with van der Waals surface area (Å²) < 4.78 is 18.5. The molecule has 0 saturated carbocycles. The van der Waals surface area contributed by atoms with E-state index in [0.29, 0.717) is 23.3 Å². The number of hydrogen-bond donors (Lipinski definition) is 1. The highest BCUT2D eigenvalue weighted by Crippen LogP contribution is 2.36. The molecule has 1 N–H and O–H groups in total. The van der Waals surface area contributed by atoms with Crippen LogP contribution in [-0.2, 0) is 25.4 Å². The van der Waals surface area contributed by atoms with E-state index in [4.69, 9.17) is 14.0 Å². The highest BCUT2D eigenvalue weighted by molar-refractivity contribution is 6.62. The number of rotatable bonds is 6. The van der Waals surface area contributed by atoms with Gasteiger partial charge in [-0.25, -0.2) is 0 Å². The summed E-state index contributed by atoms with van der Waals surface area (Å²) in [7, 11) is 0.884. The molecule has 0 unspecified atom stereocenters. The van der Waals surface area contributed by atoms with Crippen molar-refractivity contribution < 1.29 is 23.6 Å². The maximum Gasteiger partial charge on any atom is 0.494 e. The molecule has 0 aliphatic carbocycles. The lowest BCUT2D eigenvalue weighted by molar-refractivity contribution is -0.140. The molecule has 0 spiro atoms. The lowest BCUT2D eigenvalue weighted by atomic mass is 9.79. The fourth-order valence-electron chi connectivity index (χ4n) is 3.66. The minimum Gasteiger partial charge on any atom is -0.469 e. The van der Waals surface area contributed by atoms with Crippen LogP contribution in [0, 0.1) is 0 Å². The highest BCUT2D eigenvalue weighted by Gasteiger charge is 2.51. The van der Waals surface area contributed by atoms with Crippen molar-refractivity contribution in [2.45, 2.75) is 51.9 Å². The largest absolute Gasteiger partial charge is 0.494 e. The third kappa shape index (κ3) is 4.51. The van der Waals surface area contributed by atoms with E-state index in [-0.39, 0.29) is 18.3 Å². The number of anilines is 1. The molecule has 0 radical (unpaired) electrons. The van der Waals surface area contributed by atoms with Gasteiger partial charge >= 0.3 is 13.1 Å². The molecule has 1 fully saturated rings. The van der Waals surface area contributed by atoms with Gasteiger partial charge in [-0.2, -0.15) is 5.10 Å². The Hall–Kier alpha value is -3.17. The van der Waals surface area contributed by atoms with E-state index >= 15 is 0 Å². The predicted molar refractivity (Wildman–Crippen MR) is 126 cm³/mol. The lowest BCUT2D eigenvalue weighted by Crippen LogP contribution is -2.41. The Bertz CT molecular complexity index is 1170. The van der Waals surface area contributed by atoms with Gasteiger partial charge in [-0.05, 0) is 51.4 Å². The van der Waals surface area contributed by atoms with Crippen LogP contribution in [0.1, 0.15) is 44.6 Å². The van der Waals surface area contributed by atoms with Crippen molar-refractivity contribution in [2.24, 2.45) is 0 Å². The molecule has 0 atom stereocenters. The van der Waals surface area contributed by atoms with E-state index in [0.717, 1.165) is 11.0 Å². The SMILES string of the molecule is COC(=O)CCn1nc(C(=O)Nc2ccc(B3OC(C)(C)C(C)(C)O3)cc2)c2ccccc21. The lowest BCUT2D eigenvalue weighted by Gasteiger charge is -2.32. The monoisotopic (exact) mass is 449 g/mol. The average Bonchev–Trinajstić information content (AvgIpc) is 3.26. The number of aryl methyl sites for hydroxylation is 1. The summed E-state index contributed by atoms with van der Waals surface area (Å²) in [6.07, 6.45) is 0.170. The van der Waals surface area contributed by atoms with Crippen molar-refractivity contribution in [1.82, 2.24) is 9.78 Å². The number of aromatic nitrogens is 2. The Morgan fingerprint density at radius 3 is 2.30 bits per heavy atom. The third-order valence-corrected chi connectivity index (χ3v) is 6.32. The van der Waals surface area contributed by atoms with E-state index in [1.54, 1.807) is 4.68 Å². The fourth-order valence-corrected chi connectivity index (χ4v) is 3.66. The van der Waals surface area contributed by atoms with E-state index in [2.05, 4.69) is 10.4 Å². The Labute approximate surface area is 193 Å². The quantitative estimate of drug-likeness (QED) is 0.459. The van der Waals surface area contributed by atoms with Crippen LogP contribution >= 0.6 is 0 Å². The number of nitrogens with one attached hydrogen (secondary N) is 1. The number of ether oxygens (including phenoxy) is 1. The van der Waals surface area contributed by atoms with Crippen molar-refractivity contribution in [3.8, 4) is 0 Å². The topological polar surface area (TPSA) is 91.7 Å². The zero-order valence-corrected chi connectivity index (χ0v) is 19.5. The molecule has 1 saturated heterocycles. The minimum atomic E-state index is -0.464. The summed E-state index contributed by atoms with van der Waals surface area (Å²) in [5.41, 5.74) is 1.75. The molecule has 2 aromatic carbocycles. The van der Waals surface area contributed by atoms with Gasteiger partial charge < -0.3 is 19.4 Å². The van der Waals surface area contributed by atoms with E-state index in [1.165, 1.54) is 7.11 Å². The number of para-hydroxylation sites is 1. The summed E-state index contributed by atoms with van der Waals surface area (Å²) in [6, 6.07) is 14.8. The van der Waals surface area contributed by atoms with Gasteiger partial charge in [0.15, 0.2) is 5.69 Å². The minimum absolute atomic E-state index is 0.170. The number of benzene rings is 2. The molecule has 8 nitrogen and oxygen atoms in total. The smallest absolute Gasteiger partial charge is 0.469 e. The van der Waals surface area contributed by atoms with E-state index in [9.17, 15) is 9.59 Å². The molecule has 0 bridgehead atoms. The maximum atomic E-state index is 13.0. The molecule has 172 valence electrons. The maximum absolute atomic E-state index is 13.0. The molecule has 1 aromatic heterocycles. The van der Waals surface area contributed by atoms with Crippen molar-refractivity contribution >= 4 is 41.0 Å². The zero-order valence-electron chi connectivity index (χ0n) is 19.5. The summed E-state index contributed by atoms with van der Waals surface area (Å²) in [5.74, 6) is -0.658. The molecule has 1 aliphatic rings. The van der Waals surface area contributed by atoms with Crippen LogP contribution < -0.4 is 10.8 Å². The molecular weight excluding hydrogens is 421 g/mol. The first-order chi connectivity index (χ1) is 15.6. The molecule has 1 amide bonds. The summed E-state index contributed by atoms with van der Waals surface area (Å²) >= 11 is 0. The second-order valence-corrected chi connectivity index (χ2v) is 9.08. The van der Waals surface area contributed by atoms with E-state index in [1.807, 2.05) is 76.2 Å². The zero-order chi connectivity index (χ0) is 23.8. The van der Waals surface area contributed by atoms with Crippen LogP contribution in [0.15, 0.2) is 48.5 Å². The summed E-state index contributed by atoms with van der Waals surface area (Å²) in [6.45, 7) is 8.36. The standard InChI is InChI=1S/C24H28BN3O5/c1-23(2)24(3,4)33-25(32-23)16-10-12-17(13-11-16)26-22(30)21-18-8-6-7-9-19(18)28(27-21)15-14-20(29)31-5/h6-13H,14-15H2,1-5H3,(H,26,30). The van der Waals surface area contributed by atoms with Gasteiger partial charge in [-0.3, -0.25) is 14.3 Å². The Kier molecular flexibility index (Phi) is 6.03. The predicted octanol–water partition coefficient (Wildman–Crippen LogP) is 3.15. The fraction of sp³-hybridized carbons (Fsp3) is 0.375. The van der Waals surface area contributed by atoms with Crippen LogP contribution in [0.5, 0.6) is 0 Å². The van der Waals surface area contributed by atoms with E-state index < -0.39 is 18.3 Å². The van der Waals surface area contributed by atoms with Crippen molar-refractivity contribution in [2.75, 3.05) is 12.4 Å². The molecular formula is C24H28BN3O5. The number of hydrogen-bond acceptors (Lipinski definition) is 6. The first kappa shape index (κ1) is 23.0. The average molecular weight is 449 g/mol. The van der Waals surface area contributed by atoms with Crippen LogP contribution in [0.25, 0.3) is 10.9 Å². The van der Waals surface area contributed by atoms with Gasteiger partial charge in [0.25, 0.3) is 5.91 Å². The van der Waals surface area contributed by atoms with Gasteiger partial charge in [-0.1, -0.05) is 30.3 Å². The molecule has 9 heteroatoms. The van der Waals surface area contributed by atoms with Gasteiger partial charge in [-0.15, -0.1) is 0 Å². The van der Waals surface area contributed by atoms with Crippen molar-refractivity contribution in [3.05, 3.63) is 54.2 Å². The Morgan fingerprint density at radius 1 is 1.03 bits per heavy atom. The van der Waals surface area contributed by atoms with Crippen molar-refractivity contribution in [3.63, 3.8) is 0 Å². The third-order valence-electron chi connectivity index (χ3n) is 6.32. The number of carbonyl (C=O) groups is 2. The number of amides is 1. The van der Waals surface area contributed by atoms with Crippen LogP contribution in [0.3, 0.4) is 0 Å². The number of esters is 1. The summed E-state index contributed by atoms with van der Waals surface area (Å²) in [4.78, 5) is 24.6. The molecule has 2 heterocycles. The molecule has 33 heavy (non-hydrogen) atoms. The first-order valence-electron chi connectivity index (χ1n) is 10.9. The van der Waals surface area contributed by atoms with Gasteiger partial charge in [0.1, 0.15) is 0 Å². The number of methoxy groups -OCH3 is 1. The molecule has 1 aliphatic heterocycles. The first-order valence-corrected chi connectivity index (χ1v) is 10.9. The van der Waals surface area contributed by atoms with Crippen LogP contribution in [0.2, 0.25) is 0 Å². The highest BCUT2D eigenvalue weighted by atomic mass is 16.7. The molecule has 3 aromatic rings. The normalized spacial score (nSPS) is 16.7. The number of fused-ring (bicyclic) bond motifs is 1. The Morgan fingerprint density at radius 2 is 1.67 bits per heavy atom. The van der Waals surface area contributed by atoms with Gasteiger partial charge in [0.2, 0.25) is 0 Å². The molecule has 4 rings (SSSR count). The van der Waals surface area contributed by atoms with Crippen molar-refractivity contribution in [1.29, 1.82) is 0 Å². The van der Waals surface area contributed by atoms with Crippen LogP contribution in [-0.4, -0.2) is 47.1 Å².